The number of sulfonamides is 1. The molecule has 0 aliphatic carbocycles. The van der Waals surface area contributed by atoms with E-state index in [1.807, 2.05) is 49.4 Å². The van der Waals surface area contributed by atoms with Crippen molar-refractivity contribution in [1.29, 1.82) is 0 Å². The first-order chi connectivity index (χ1) is 15.2. The van der Waals surface area contributed by atoms with Gasteiger partial charge in [0, 0.05) is 17.8 Å². The molecule has 166 valence electrons. The number of hydrogen-bond donors (Lipinski definition) is 3. The highest BCUT2D eigenvalue weighted by molar-refractivity contribution is 7.92. The Balaban J connectivity index is 1.58. The minimum atomic E-state index is -3.78. The van der Waals surface area contributed by atoms with Gasteiger partial charge >= 0.3 is 0 Å². The van der Waals surface area contributed by atoms with Gasteiger partial charge in [0.15, 0.2) is 0 Å². The molecule has 3 aromatic carbocycles. The molecule has 0 spiro atoms. The Hall–Kier alpha value is -3.65. The third-order valence-electron chi connectivity index (χ3n) is 4.78. The first-order valence-electron chi connectivity index (χ1n) is 10.1. The Bertz CT molecular complexity index is 1180. The van der Waals surface area contributed by atoms with Gasteiger partial charge in [-0.15, -0.1) is 0 Å². The molecule has 0 aromatic heterocycles. The monoisotopic (exact) mass is 451 g/mol. The minimum Gasteiger partial charge on any atom is -0.350 e. The van der Waals surface area contributed by atoms with Crippen LogP contribution in [0.3, 0.4) is 0 Å². The number of amides is 2. The zero-order valence-corrected chi connectivity index (χ0v) is 18.6. The van der Waals surface area contributed by atoms with Crippen LogP contribution < -0.4 is 15.4 Å². The fourth-order valence-corrected chi connectivity index (χ4v) is 3.96. The Kier molecular flexibility index (Phi) is 7.27. The van der Waals surface area contributed by atoms with Crippen molar-refractivity contribution in [2.24, 2.45) is 0 Å². The van der Waals surface area contributed by atoms with E-state index in [-0.39, 0.29) is 16.4 Å². The van der Waals surface area contributed by atoms with E-state index < -0.39 is 22.0 Å². The second-order valence-corrected chi connectivity index (χ2v) is 9.08. The average Bonchev–Trinajstić information content (AvgIpc) is 2.79. The van der Waals surface area contributed by atoms with E-state index in [2.05, 4.69) is 15.4 Å². The number of hydrogen-bond acceptors (Lipinski definition) is 4. The molecule has 3 N–H and O–H groups in total. The highest BCUT2D eigenvalue weighted by atomic mass is 32.2. The molecule has 1 unspecified atom stereocenters. The third kappa shape index (κ3) is 6.18. The summed E-state index contributed by atoms with van der Waals surface area (Å²) < 4.78 is 27.6. The van der Waals surface area contributed by atoms with Gasteiger partial charge < -0.3 is 10.6 Å². The van der Waals surface area contributed by atoms with Gasteiger partial charge in [-0.25, -0.2) is 8.42 Å². The van der Waals surface area contributed by atoms with Crippen LogP contribution in [0.15, 0.2) is 83.8 Å². The standard InChI is InChI=1S/C24H25N3O4S/c1-17-8-12-21(13-9-17)27-32(30,31)22-14-10-20(11-15-22)24(29)26-18(2)23(28)25-16-19-6-4-3-5-7-19/h3-15,18,27H,16H2,1-2H3,(H,25,28)(H,26,29). The van der Waals surface area contributed by atoms with E-state index >= 15 is 0 Å². The molecule has 0 radical (unpaired) electrons. The predicted octanol–water partition coefficient (Wildman–Crippen LogP) is 3.23. The van der Waals surface area contributed by atoms with Crippen LogP contribution in [0, 0.1) is 6.92 Å². The molecule has 3 aromatic rings. The van der Waals surface area contributed by atoms with Crippen LogP contribution in [0.25, 0.3) is 0 Å². The third-order valence-corrected chi connectivity index (χ3v) is 6.18. The van der Waals surface area contributed by atoms with Gasteiger partial charge in [-0.3, -0.25) is 14.3 Å². The van der Waals surface area contributed by atoms with Crippen LogP contribution in [0.2, 0.25) is 0 Å². The van der Waals surface area contributed by atoms with E-state index in [0.29, 0.717) is 12.2 Å². The number of rotatable bonds is 8. The zero-order valence-electron chi connectivity index (χ0n) is 17.8. The molecule has 0 heterocycles. The van der Waals surface area contributed by atoms with Crippen LogP contribution in [-0.4, -0.2) is 26.3 Å². The number of nitrogens with one attached hydrogen (secondary N) is 3. The lowest BCUT2D eigenvalue weighted by atomic mass is 10.2. The number of aryl methyl sites for hydroxylation is 1. The van der Waals surface area contributed by atoms with Gasteiger partial charge in [-0.1, -0.05) is 48.0 Å². The summed E-state index contributed by atoms with van der Waals surface area (Å²) in [5.41, 5.74) is 2.68. The number of benzene rings is 3. The molecule has 0 saturated heterocycles. The second kappa shape index (κ2) is 10.1. The summed E-state index contributed by atoms with van der Waals surface area (Å²) in [6, 6.07) is 21.2. The van der Waals surface area contributed by atoms with Crippen molar-refractivity contribution < 1.29 is 18.0 Å². The normalized spacial score (nSPS) is 11.9. The van der Waals surface area contributed by atoms with Gasteiger partial charge in [0.05, 0.1) is 4.90 Å². The van der Waals surface area contributed by atoms with E-state index in [0.717, 1.165) is 11.1 Å². The molecular formula is C24H25N3O4S. The van der Waals surface area contributed by atoms with Crippen molar-refractivity contribution in [3.63, 3.8) is 0 Å². The van der Waals surface area contributed by atoms with E-state index in [4.69, 9.17) is 0 Å². The maximum atomic E-state index is 12.6. The zero-order chi connectivity index (χ0) is 23.1. The Morgan fingerprint density at radius 1 is 0.875 bits per heavy atom. The predicted molar refractivity (Wildman–Crippen MR) is 124 cm³/mol. The molecule has 8 heteroatoms. The van der Waals surface area contributed by atoms with Crippen molar-refractivity contribution >= 4 is 27.5 Å². The highest BCUT2D eigenvalue weighted by Gasteiger charge is 2.18. The number of carbonyl (C=O) groups excluding carboxylic acids is 2. The van der Waals surface area contributed by atoms with Crippen LogP contribution in [0.5, 0.6) is 0 Å². The minimum absolute atomic E-state index is 0.0308. The SMILES string of the molecule is Cc1ccc(NS(=O)(=O)c2ccc(C(=O)NC(C)C(=O)NCc3ccccc3)cc2)cc1. The molecule has 0 fully saturated rings. The molecule has 0 aliphatic rings. The summed E-state index contributed by atoms with van der Waals surface area (Å²) in [5.74, 6) is -0.786. The maximum absolute atomic E-state index is 12.6. The Labute approximate surface area is 187 Å². The molecular weight excluding hydrogens is 426 g/mol. The van der Waals surface area contributed by atoms with Crippen molar-refractivity contribution in [3.05, 3.63) is 95.6 Å². The average molecular weight is 452 g/mol. The van der Waals surface area contributed by atoms with Gasteiger partial charge in [0.1, 0.15) is 6.04 Å². The smallest absolute Gasteiger partial charge is 0.261 e. The summed E-state index contributed by atoms with van der Waals surface area (Å²) in [6.45, 7) is 3.86. The summed E-state index contributed by atoms with van der Waals surface area (Å²) >= 11 is 0. The van der Waals surface area contributed by atoms with E-state index in [9.17, 15) is 18.0 Å². The van der Waals surface area contributed by atoms with E-state index in [1.54, 1.807) is 19.1 Å². The summed E-state index contributed by atoms with van der Waals surface area (Å²) in [4.78, 5) is 24.7. The summed E-state index contributed by atoms with van der Waals surface area (Å²) in [7, 11) is -3.78. The fraction of sp³-hybridized carbons (Fsp3) is 0.167. The van der Waals surface area contributed by atoms with Gasteiger partial charge in [0.25, 0.3) is 15.9 Å². The summed E-state index contributed by atoms with van der Waals surface area (Å²) in [6.07, 6.45) is 0. The molecule has 0 bridgehead atoms. The van der Waals surface area contributed by atoms with Crippen LogP contribution in [0.1, 0.15) is 28.4 Å². The van der Waals surface area contributed by atoms with Gasteiger partial charge in [-0.05, 0) is 55.8 Å². The van der Waals surface area contributed by atoms with Crippen molar-refractivity contribution in [2.45, 2.75) is 31.3 Å². The molecule has 0 saturated carbocycles. The van der Waals surface area contributed by atoms with E-state index in [1.165, 1.54) is 24.3 Å². The lowest BCUT2D eigenvalue weighted by Crippen LogP contribution is -2.44. The molecule has 3 rings (SSSR count). The topological polar surface area (TPSA) is 104 Å². The van der Waals surface area contributed by atoms with Crippen molar-refractivity contribution in [3.8, 4) is 0 Å². The van der Waals surface area contributed by atoms with Crippen LogP contribution >= 0.6 is 0 Å². The number of anilines is 1. The van der Waals surface area contributed by atoms with Crippen molar-refractivity contribution in [2.75, 3.05) is 4.72 Å². The molecule has 32 heavy (non-hydrogen) atoms. The fourth-order valence-electron chi connectivity index (χ4n) is 2.90. The largest absolute Gasteiger partial charge is 0.350 e. The van der Waals surface area contributed by atoms with Gasteiger partial charge in [0.2, 0.25) is 5.91 Å². The first-order valence-corrected chi connectivity index (χ1v) is 11.5. The van der Waals surface area contributed by atoms with Crippen LogP contribution in [-0.2, 0) is 21.4 Å². The Morgan fingerprint density at radius 3 is 2.12 bits per heavy atom. The quantitative estimate of drug-likeness (QED) is 0.489. The van der Waals surface area contributed by atoms with Crippen molar-refractivity contribution in [1.82, 2.24) is 10.6 Å². The lowest BCUT2D eigenvalue weighted by molar-refractivity contribution is -0.122. The Morgan fingerprint density at radius 2 is 1.50 bits per heavy atom. The molecule has 1 atom stereocenters. The molecule has 0 aliphatic heterocycles. The molecule has 7 nitrogen and oxygen atoms in total. The van der Waals surface area contributed by atoms with Crippen LogP contribution in [0.4, 0.5) is 5.69 Å². The maximum Gasteiger partial charge on any atom is 0.261 e. The van der Waals surface area contributed by atoms with Gasteiger partial charge in [-0.2, -0.15) is 0 Å². The lowest BCUT2D eigenvalue weighted by Gasteiger charge is -2.14. The second-order valence-electron chi connectivity index (χ2n) is 7.39. The highest BCUT2D eigenvalue weighted by Crippen LogP contribution is 2.17. The number of carbonyl (C=O) groups is 2. The first kappa shape index (κ1) is 23.0. The molecule has 2 amide bonds. The summed E-state index contributed by atoms with van der Waals surface area (Å²) in [5, 5.41) is 5.39.